The third-order valence-electron chi connectivity index (χ3n) is 4.91. The number of hydrogen-bond acceptors (Lipinski definition) is 4. The maximum absolute atomic E-state index is 4.12. The van der Waals surface area contributed by atoms with E-state index in [1.54, 1.807) is 11.3 Å². The molecule has 4 heteroatoms. The fourth-order valence-corrected chi connectivity index (χ4v) is 4.21. The number of nitrogens with one attached hydrogen (secondary N) is 1. The fraction of sp³-hybridized carbons (Fsp3) is 0.526. The van der Waals surface area contributed by atoms with Crippen molar-refractivity contribution in [3.63, 3.8) is 0 Å². The van der Waals surface area contributed by atoms with Crippen molar-refractivity contribution in [3.05, 3.63) is 52.5 Å². The van der Waals surface area contributed by atoms with Crippen LogP contribution in [0.1, 0.15) is 43.9 Å². The lowest BCUT2D eigenvalue weighted by Gasteiger charge is -2.37. The summed E-state index contributed by atoms with van der Waals surface area (Å²) >= 11 is 1.79. The molecule has 0 spiro atoms. The maximum Gasteiger partial charge on any atom is 0.0321 e. The summed E-state index contributed by atoms with van der Waals surface area (Å²) in [6.07, 6.45) is 7.41. The number of hydrogen-bond donors (Lipinski definition) is 1. The second-order valence-electron chi connectivity index (χ2n) is 6.67. The Balaban J connectivity index is 1.45. The van der Waals surface area contributed by atoms with Crippen molar-refractivity contribution in [2.24, 2.45) is 0 Å². The highest BCUT2D eigenvalue weighted by atomic mass is 32.1. The van der Waals surface area contributed by atoms with Crippen LogP contribution in [0.2, 0.25) is 0 Å². The zero-order valence-electron chi connectivity index (χ0n) is 14.1. The third-order valence-corrected chi connectivity index (χ3v) is 5.64. The molecule has 0 amide bonds. The van der Waals surface area contributed by atoms with Gasteiger partial charge in [0.1, 0.15) is 0 Å². The van der Waals surface area contributed by atoms with Crippen LogP contribution in [0.15, 0.2) is 41.4 Å². The molecule has 2 aromatic heterocycles. The zero-order valence-corrected chi connectivity index (χ0v) is 14.9. The molecule has 0 aromatic carbocycles. The van der Waals surface area contributed by atoms with E-state index in [2.05, 4.69) is 58.0 Å². The monoisotopic (exact) mass is 329 g/mol. The lowest BCUT2D eigenvalue weighted by Crippen LogP contribution is -2.46. The van der Waals surface area contributed by atoms with Gasteiger partial charge in [-0.25, -0.2) is 0 Å². The van der Waals surface area contributed by atoms with Crippen LogP contribution in [-0.4, -0.2) is 35.1 Å². The van der Waals surface area contributed by atoms with Gasteiger partial charge in [-0.3, -0.25) is 9.88 Å². The van der Waals surface area contributed by atoms with Crippen LogP contribution in [-0.2, 0) is 6.42 Å². The Bertz CT molecular complexity index is 562. The van der Waals surface area contributed by atoms with Gasteiger partial charge in [0, 0.05) is 43.6 Å². The Labute approximate surface area is 143 Å². The summed E-state index contributed by atoms with van der Waals surface area (Å²) in [5.74, 6) is 0. The van der Waals surface area contributed by atoms with Gasteiger partial charge in [0.25, 0.3) is 0 Å². The smallest absolute Gasteiger partial charge is 0.0321 e. The Hall–Kier alpha value is -1.23. The average molecular weight is 330 g/mol. The first-order chi connectivity index (χ1) is 11.2. The summed E-state index contributed by atoms with van der Waals surface area (Å²) in [4.78, 5) is 6.71. The molecule has 124 valence electrons. The predicted molar refractivity (Wildman–Crippen MR) is 97.9 cm³/mol. The highest BCUT2D eigenvalue weighted by Crippen LogP contribution is 2.24. The van der Waals surface area contributed by atoms with E-state index < -0.39 is 0 Å². The maximum atomic E-state index is 4.12. The number of thiophene rings is 1. The molecule has 3 heterocycles. The van der Waals surface area contributed by atoms with Crippen molar-refractivity contribution in [1.29, 1.82) is 0 Å². The van der Waals surface area contributed by atoms with Crippen molar-refractivity contribution >= 4 is 11.3 Å². The molecule has 1 N–H and O–H groups in total. The molecule has 0 aliphatic carbocycles. The number of likely N-dealkylation sites (tertiary alicyclic amines) is 1. The van der Waals surface area contributed by atoms with Crippen molar-refractivity contribution in [1.82, 2.24) is 15.2 Å². The molecular weight excluding hydrogens is 302 g/mol. The standard InChI is InChI=1S/C19H27N3S/c1-15(13-17-7-12-23-14-17)21-19-5-10-22(11-6-19)16(2)18-3-8-20-9-4-18/h3-4,7-9,12,14-16,19,21H,5-6,10-11,13H2,1-2H3/t15-,16-/m1/s1. The molecule has 1 aliphatic heterocycles. The minimum absolute atomic E-state index is 0.488. The Kier molecular flexibility index (Phi) is 5.81. The SMILES string of the molecule is C[C@H](Cc1ccsc1)NC1CCN([C@H](C)c2ccncc2)CC1. The van der Waals surface area contributed by atoms with Gasteiger partial charge in [0.15, 0.2) is 0 Å². The molecule has 0 saturated carbocycles. The van der Waals surface area contributed by atoms with E-state index in [1.807, 2.05) is 12.4 Å². The summed E-state index contributed by atoms with van der Waals surface area (Å²) < 4.78 is 0. The highest BCUT2D eigenvalue weighted by Gasteiger charge is 2.24. The van der Waals surface area contributed by atoms with Crippen molar-refractivity contribution in [2.75, 3.05) is 13.1 Å². The lowest BCUT2D eigenvalue weighted by molar-refractivity contribution is 0.149. The summed E-state index contributed by atoms with van der Waals surface area (Å²) in [7, 11) is 0. The van der Waals surface area contributed by atoms with Gasteiger partial charge in [-0.1, -0.05) is 0 Å². The van der Waals surface area contributed by atoms with E-state index in [0.29, 0.717) is 18.1 Å². The highest BCUT2D eigenvalue weighted by molar-refractivity contribution is 7.07. The molecule has 3 rings (SSSR count). The molecule has 0 bridgehead atoms. The van der Waals surface area contributed by atoms with Crippen LogP contribution in [0, 0.1) is 0 Å². The third kappa shape index (κ3) is 4.63. The van der Waals surface area contributed by atoms with E-state index in [4.69, 9.17) is 0 Å². The van der Waals surface area contributed by atoms with Crippen molar-refractivity contribution in [3.8, 4) is 0 Å². The van der Waals surface area contributed by atoms with Crippen LogP contribution in [0.4, 0.5) is 0 Å². The van der Waals surface area contributed by atoms with Crippen LogP contribution < -0.4 is 5.32 Å². The van der Waals surface area contributed by atoms with Crippen molar-refractivity contribution in [2.45, 2.75) is 51.2 Å². The molecule has 23 heavy (non-hydrogen) atoms. The van der Waals surface area contributed by atoms with Gasteiger partial charge >= 0.3 is 0 Å². The number of nitrogens with zero attached hydrogens (tertiary/aromatic N) is 2. The van der Waals surface area contributed by atoms with Crippen molar-refractivity contribution < 1.29 is 0 Å². The first-order valence-electron chi connectivity index (χ1n) is 8.63. The molecule has 2 atom stereocenters. The Morgan fingerprint density at radius 1 is 1.22 bits per heavy atom. The summed E-state index contributed by atoms with van der Waals surface area (Å²) in [5, 5.41) is 8.25. The largest absolute Gasteiger partial charge is 0.311 e. The minimum Gasteiger partial charge on any atom is -0.311 e. The summed E-state index contributed by atoms with van der Waals surface area (Å²) in [5.41, 5.74) is 2.83. The van der Waals surface area contributed by atoms with E-state index in [1.165, 1.54) is 37.1 Å². The quantitative estimate of drug-likeness (QED) is 0.871. The number of piperidine rings is 1. The van der Waals surface area contributed by atoms with E-state index in [9.17, 15) is 0 Å². The van der Waals surface area contributed by atoms with Gasteiger partial charge < -0.3 is 5.32 Å². The van der Waals surface area contributed by atoms with E-state index >= 15 is 0 Å². The van der Waals surface area contributed by atoms with Gasteiger partial charge in [0.05, 0.1) is 0 Å². The molecule has 1 fully saturated rings. The second-order valence-corrected chi connectivity index (χ2v) is 7.45. The first kappa shape index (κ1) is 16.6. The Morgan fingerprint density at radius 2 is 1.96 bits per heavy atom. The molecule has 0 unspecified atom stereocenters. The van der Waals surface area contributed by atoms with Gasteiger partial charge in [-0.05, 0) is 73.2 Å². The summed E-state index contributed by atoms with van der Waals surface area (Å²) in [6.45, 7) is 6.96. The van der Waals surface area contributed by atoms with E-state index in [0.717, 1.165) is 6.42 Å². The van der Waals surface area contributed by atoms with Crippen LogP contribution in [0.25, 0.3) is 0 Å². The Morgan fingerprint density at radius 3 is 2.61 bits per heavy atom. The number of pyridine rings is 1. The molecule has 3 nitrogen and oxygen atoms in total. The topological polar surface area (TPSA) is 28.2 Å². The first-order valence-corrected chi connectivity index (χ1v) is 9.57. The fourth-order valence-electron chi connectivity index (χ4n) is 3.53. The lowest BCUT2D eigenvalue weighted by atomic mass is 9.99. The minimum atomic E-state index is 0.488. The summed E-state index contributed by atoms with van der Waals surface area (Å²) in [6, 6.07) is 8.21. The van der Waals surface area contributed by atoms with Gasteiger partial charge in [-0.15, -0.1) is 0 Å². The predicted octanol–water partition coefficient (Wildman–Crippen LogP) is 3.89. The zero-order chi connectivity index (χ0) is 16.1. The molecule has 1 aliphatic rings. The van der Waals surface area contributed by atoms with Crippen LogP contribution >= 0.6 is 11.3 Å². The number of aromatic nitrogens is 1. The normalized spacial score (nSPS) is 19.6. The van der Waals surface area contributed by atoms with Crippen LogP contribution in [0.5, 0.6) is 0 Å². The van der Waals surface area contributed by atoms with Gasteiger partial charge in [-0.2, -0.15) is 11.3 Å². The molecule has 0 radical (unpaired) electrons. The van der Waals surface area contributed by atoms with Gasteiger partial charge in [0.2, 0.25) is 0 Å². The molecule has 1 saturated heterocycles. The average Bonchev–Trinajstić information content (AvgIpc) is 3.08. The molecule has 2 aromatic rings. The second kappa shape index (κ2) is 8.04. The van der Waals surface area contributed by atoms with Crippen LogP contribution in [0.3, 0.4) is 0 Å². The number of rotatable bonds is 6. The molecular formula is C19H27N3S. The van der Waals surface area contributed by atoms with E-state index in [-0.39, 0.29) is 0 Å².